The van der Waals surface area contributed by atoms with Gasteiger partial charge in [-0.3, -0.25) is 14.7 Å². The van der Waals surface area contributed by atoms with Crippen LogP contribution in [0.1, 0.15) is 42.3 Å². The minimum Gasteiger partial charge on any atom is -0.497 e. The molecule has 0 amide bonds. The van der Waals surface area contributed by atoms with E-state index < -0.39 is 17.6 Å². The summed E-state index contributed by atoms with van der Waals surface area (Å²) in [5.41, 5.74) is 0.974. The highest BCUT2D eigenvalue weighted by Gasteiger charge is 2.41. The molecule has 4 rings (SSSR count). The van der Waals surface area contributed by atoms with Crippen molar-refractivity contribution < 1.29 is 19.0 Å². The molecule has 0 aliphatic carbocycles. The number of pyridine rings is 1. The minimum atomic E-state index is -1.33. The quantitative estimate of drug-likeness (QED) is 0.411. The van der Waals surface area contributed by atoms with Gasteiger partial charge < -0.3 is 14.7 Å². The molecule has 2 aromatic heterocycles. The number of carboxylic acid groups (broad SMARTS) is 1. The van der Waals surface area contributed by atoms with Crippen LogP contribution in [0.3, 0.4) is 0 Å². The number of alkyl halides is 1. The zero-order valence-electron chi connectivity index (χ0n) is 21.0. The van der Waals surface area contributed by atoms with Gasteiger partial charge in [0, 0.05) is 38.1 Å². The summed E-state index contributed by atoms with van der Waals surface area (Å²) in [5, 5.41) is 12.8. The van der Waals surface area contributed by atoms with E-state index in [2.05, 4.69) is 21.7 Å². The van der Waals surface area contributed by atoms with Crippen LogP contribution in [0.4, 0.5) is 10.1 Å². The summed E-state index contributed by atoms with van der Waals surface area (Å²) in [4.78, 5) is 21.9. The van der Waals surface area contributed by atoms with Crippen molar-refractivity contribution in [3.8, 4) is 17.6 Å². The van der Waals surface area contributed by atoms with Crippen LogP contribution < -0.4 is 9.64 Å². The van der Waals surface area contributed by atoms with E-state index in [1.54, 1.807) is 36.8 Å². The number of ether oxygens (including phenoxy) is 1. The molecular formula is C28H32FN3O3S. The summed E-state index contributed by atoms with van der Waals surface area (Å²) < 4.78 is 21.3. The molecule has 1 atom stereocenters. The summed E-state index contributed by atoms with van der Waals surface area (Å²) in [7, 11) is 5.29. The molecule has 36 heavy (non-hydrogen) atoms. The van der Waals surface area contributed by atoms with Gasteiger partial charge in [-0.25, -0.2) is 4.39 Å². The highest BCUT2D eigenvalue weighted by Crippen LogP contribution is 2.42. The number of nitrogens with zero attached hydrogens (tertiary/aromatic N) is 3. The summed E-state index contributed by atoms with van der Waals surface area (Å²) in [6.45, 7) is 1.89. The van der Waals surface area contributed by atoms with Gasteiger partial charge in [0.1, 0.15) is 11.9 Å². The Hall–Kier alpha value is -3.15. The van der Waals surface area contributed by atoms with Crippen LogP contribution in [0.25, 0.3) is 10.9 Å². The molecule has 1 aliphatic rings. The first-order valence-corrected chi connectivity index (χ1v) is 13.0. The fourth-order valence-corrected chi connectivity index (χ4v) is 5.43. The van der Waals surface area contributed by atoms with Crippen molar-refractivity contribution in [3.05, 3.63) is 52.3 Å². The number of carboxylic acids is 1. The number of likely N-dealkylation sites (tertiary alicyclic amines) is 1. The van der Waals surface area contributed by atoms with Gasteiger partial charge in [0.2, 0.25) is 0 Å². The van der Waals surface area contributed by atoms with Gasteiger partial charge >= 0.3 is 5.97 Å². The third kappa shape index (κ3) is 5.63. The monoisotopic (exact) mass is 509 g/mol. The average Bonchev–Trinajstić information content (AvgIpc) is 3.40. The summed E-state index contributed by atoms with van der Waals surface area (Å²) in [6, 6.07) is 9.39. The molecule has 1 N–H and O–H groups in total. The average molecular weight is 510 g/mol. The molecule has 0 unspecified atom stereocenters. The first kappa shape index (κ1) is 25.9. The van der Waals surface area contributed by atoms with Crippen molar-refractivity contribution >= 4 is 33.9 Å². The van der Waals surface area contributed by atoms with E-state index in [9.17, 15) is 9.90 Å². The van der Waals surface area contributed by atoms with Crippen molar-refractivity contribution in [3.63, 3.8) is 0 Å². The number of hydrogen-bond donors (Lipinski definition) is 1. The summed E-state index contributed by atoms with van der Waals surface area (Å²) in [5.74, 6) is 6.13. The molecular weight excluding hydrogens is 477 g/mol. The van der Waals surface area contributed by atoms with Crippen LogP contribution >= 0.6 is 11.3 Å². The number of halogens is 1. The number of thiophene rings is 1. The second kappa shape index (κ2) is 11.3. The Balaban J connectivity index is 1.48. The third-order valence-corrected chi connectivity index (χ3v) is 7.85. The van der Waals surface area contributed by atoms with Gasteiger partial charge in [0.05, 0.1) is 41.3 Å². The Morgan fingerprint density at radius 2 is 2.11 bits per heavy atom. The minimum absolute atomic E-state index is 0.127. The maximum atomic E-state index is 16.0. The molecule has 3 aromatic rings. The number of hydrogen-bond acceptors (Lipinski definition) is 6. The molecule has 0 spiro atoms. The fourth-order valence-electron chi connectivity index (χ4n) is 4.84. The van der Waals surface area contributed by atoms with Crippen LogP contribution in [0.15, 0.2) is 41.9 Å². The van der Waals surface area contributed by atoms with Crippen LogP contribution in [-0.4, -0.2) is 61.8 Å². The lowest BCUT2D eigenvalue weighted by Crippen LogP contribution is -2.44. The van der Waals surface area contributed by atoms with E-state index >= 15 is 4.39 Å². The first-order valence-electron chi connectivity index (χ1n) is 12.1. The van der Waals surface area contributed by atoms with Gasteiger partial charge in [0.15, 0.2) is 0 Å². The van der Waals surface area contributed by atoms with Crippen LogP contribution in [-0.2, 0) is 4.79 Å². The molecule has 190 valence electrons. The molecule has 0 bridgehead atoms. The van der Waals surface area contributed by atoms with Crippen molar-refractivity contribution in [2.75, 3.05) is 45.7 Å². The number of fused-ring (bicyclic) bond motifs is 1. The zero-order valence-corrected chi connectivity index (χ0v) is 21.8. The molecule has 6 nitrogen and oxygen atoms in total. The van der Waals surface area contributed by atoms with E-state index in [1.807, 2.05) is 42.6 Å². The van der Waals surface area contributed by atoms with Gasteiger partial charge in [0.25, 0.3) is 0 Å². The summed E-state index contributed by atoms with van der Waals surface area (Å²) >= 11 is 1.61. The number of anilines is 1. The first-order chi connectivity index (χ1) is 17.3. The van der Waals surface area contributed by atoms with Crippen LogP contribution in [0.2, 0.25) is 0 Å². The lowest BCUT2D eigenvalue weighted by Gasteiger charge is -2.38. The Labute approximate surface area is 215 Å². The van der Waals surface area contributed by atoms with Gasteiger partial charge in [-0.2, -0.15) is 0 Å². The van der Waals surface area contributed by atoms with Crippen molar-refractivity contribution in [2.24, 2.45) is 5.41 Å². The Kier molecular flexibility index (Phi) is 8.12. The highest BCUT2D eigenvalue weighted by molar-refractivity contribution is 7.10. The number of piperidine rings is 1. The number of aliphatic carboxylic acids is 1. The van der Waals surface area contributed by atoms with Crippen molar-refractivity contribution in [2.45, 2.75) is 31.9 Å². The second-order valence-electron chi connectivity index (χ2n) is 9.48. The predicted molar refractivity (Wildman–Crippen MR) is 143 cm³/mol. The van der Waals surface area contributed by atoms with Crippen LogP contribution in [0.5, 0.6) is 5.75 Å². The number of aromatic nitrogens is 1. The second-order valence-corrected chi connectivity index (χ2v) is 10.4. The van der Waals surface area contributed by atoms with Crippen molar-refractivity contribution in [1.29, 1.82) is 0 Å². The fraction of sp³-hybridized carbons (Fsp3) is 0.429. The van der Waals surface area contributed by atoms with Crippen LogP contribution in [0, 0.1) is 17.3 Å². The molecule has 1 aliphatic heterocycles. The SMILES string of the molecule is COc1ccc2ncc(N(C)C)c([C@H](F)CCC3(C(=O)O)CCN(CC#Cc4cccs4)CC3)c2c1. The zero-order chi connectivity index (χ0) is 25.7. The predicted octanol–water partition coefficient (Wildman–Crippen LogP) is 5.38. The molecule has 8 heteroatoms. The number of benzene rings is 1. The largest absolute Gasteiger partial charge is 0.497 e. The molecule has 1 aromatic carbocycles. The lowest BCUT2D eigenvalue weighted by atomic mass is 9.74. The Morgan fingerprint density at radius 1 is 1.33 bits per heavy atom. The van der Waals surface area contributed by atoms with E-state index in [0.29, 0.717) is 60.4 Å². The van der Waals surface area contributed by atoms with Crippen molar-refractivity contribution in [1.82, 2.24) is 9.88 Å². The molecule has 1 fully saturated rings. The third-order valence-electron chi connectivity index (χ3n) is 7.07. The van der Waals surface area contributed by atoms with E-state index in [-0.39, 0.29) is 12.8 Å². The van der Waals surface area contributed by atoms with Gasteiger partial charge in [-0.15, -0.1) is 11.3 Å². The Bertz CT molecular complexity index is 1260. The number of carbonyl (C=O) groups is 1. The lowest BCUT2D eigenvalue weighted by molar-refractivity contribution is -0.152. The Morgan fingerprint density at radius 3 is 2.75 bits per heavy atom. The number of methoxy groups -OCH3 is 1. The molecule has 3 heterocycles. The molecule has 0 saturated carbocycles. The van der Waals surface area contributed by atoms with E-state index in [1.165, 1.54) is 0 Å². The number of rotatable bonds is 8. The summed E-state index contributed by atoms with van der Waals surface area (Å²) in [6.07, 6.45) is 1.73. The maximum absolute atomic E-state index is 16.0. The standard InChI is InChI=1S/C28H32FN3O3S/c1-31(2)25-19-30-24-9-8-20(35-3)18-22(24)26(25)23(29)10-11-28(27(33)34)12-15-32(16-13-28)14-4-6-21-7-5-17-36-21/h5,7-9,17-19,23H,10-16H2,1-3H3,(H,33,34)/t23-/m1/s1. The normalized spacial score (nSPS) is 16.2. The van der Waals surface area contributed by atoms with E-state index in [4.69, 9.17) is 4.74 Å². The topological polar surface area (TPSA) is 65.9 Å². The maximum Gasteiger partial charge on any atom is 0.309 e. The highest BCUT2D eigenvalue weighted by atomic mass is 32.1. The van der Waals surface area contributed by atoms with Gasteiger partial charge in [-0.05, 0) is 55.3 Å². The smallest absolute Gasteiger partial charge is 0.309 e. The molecule has 0 radical (unpaired) electrons. The van der Waals surface area contributed by atoms with Gasteiger partial charge in [-0.1, -0.05) is 17.9 Å². The molecule has 1 saturated heterocycles. The van der Waals surface area contributed by atoms with E-state index in [0.717, 1.165) is 4.88 Å².